The number of esters is 1. The number of ether oxygens (including phenoxy) is 2. The summed E-state index contributed by atoms with van der Waals surface area (Å²) < 4.78 is 34.3. The number of halogens is 2. The van der Waals surface area contributed by atoms with Gasteiger partial charge in [0.25, 0.3) is 0 Å². The van der Waals surface area contributed by atoms with Gasteiger partial charge in [-0.05, 0) is 37.1 Å². The molecule has 0 heterocycles. The quantitative estimate of drug-likeness (QED) is 0.628. The van der Waals surface area contributed by atoms with Gasteiger partial charge in [0.15, 0.2) is 0 Å². The monoisotopic (exact) mass is 292 g/mol. The van der Waals surface area contributed by atoms with Crippen LogP contribution in [0.15, 0.2) is 42.5 Å². The molecule has 0 aliphatic heterocycles. The van der Waals surface area contributed by atoms with E-state index in [0.717, 1.165) is 11.1 Å². The highest BCUT2D eigenvalue weighted by Crippen LogP contribution is 2.26. The van der Waals surface area contributed by atoms with Gasteiger partial charge in [-0.25, -0.2) is 4.79 Å². The molecule has 0 bridgehead atoms. The fourth-order valence-corrected chi connectivity index (χ4v) is 1.94. The van der Waals surface area contributed by atoms with E-state index in [9.17, 15) is 13.6 Å². The summed E-state index contributed by atoms with van der Waals surface area (Å²) in [5, 5.41) is 0. The van der Waals surface area contributed by atoms with E-state index in [4.69, 9.17) is 4.74 Å². The van der Waals surface area contributed by atoms with Gasteiger partial charge in [-0.1, -0.05) is 30.3 Å². The number of carbonyl (C=O) groups excluding carboxylic acids is 1. The minimum absolute atomic E-state index is 0.0412. The average Bonchev–Trinajstić information content (AvgIpc) is 2.43. The van der Waals surface area contributed by atoms with Crippen molar-refractivity contribution in [3.05, 3.63) is 59.2 Å². The lowest BCUT2D eigenvalue weighted by atomic mass is 10.1. The number of rotatable bonds is 4. The number of aryl methyl sites for hydroxylation is 2. The standard InChI is InChI=1S/C16H14F2O3/c1-10-6-5-7-11(2)14(10)21-15(19)12-8-3-4-9-13(12)20-16(17)18/h3-9,16H,1-2H3. The predicted octanol–water partition coefficient (Wildman–Crippen LogP) is 4.12. The zero-order valence-corrected chi connectivity index (χ0v) is 11.6. The van der Waals surface area contributed by atoms with E-state index in [1.807, 2.05) is 6.07 Å². The Morgan fingerprint density at radius 1 is 1.00 bits per heavy atom. The van der Waals surface area contributed by atoms with E-state index >= 15 is 0 Å². The summed E-state index contributed by atoms with van der Waals surface area (Å²) in [6.45, 7) is 0.605. The van der Waals surface area contributed by atoms with Crippen molar-refractivity contribution in [3.8, 4) is 11.5 Å². The summed E-state index contributed by atoms with van der Waals surface area (Å²) in [6.07, 6.45) is 0. The van der Waals surface area contributed by atoms with Crippen molar-refractivity contribution in [1.82, 2.24) is 0 Å². The molecular formula is C16H14F2O3. The van der Waals surface area contributed by atoms with Crippen LogP contribution in [0.1, 0.15) is 21.5 Å². The molecule has 0 aromatic heterocycles. The summed E-state index contributed by atoms with van der Waals surface area (Å²) >= 11 is 0. The summed E-state index contributed by atoms with van der Waals surface area (Å²) in [4.78, 5) is 12.2. The highest BCUT2D eigenvalue weighted by molar-refractivity contribution is 5.94. The molecule has 0 unspecified atom stereocenters. The van der Waals surface area contributed by atoms with Gasteiger partial charge in [0.05, 0.1) is 0 Å². The lowest BCUT2D eigenvalue weighted by Gasteiger charge is -2.12. The van der Waals surface area contributed by atoms with Gasteiger partial charge in [-0.2, -0.15) is 8.78 Å². The van der Waals surface area contributed by atoms with Crippen LogP contribution in [0.3, 0.4) is 0 Å². The van der Waals surface area contributed by atoms with Crippen LogP contribution < -0.4 is 9.47 Å². The summed E-state index contributed by atoms with van der Waals surface area (Å²) in [5.74, 6) is -0.512. The van der Waals surface area contributed by atoms with Crippen LogP contribution in [0, 0.1) is 13.8 Å². The minimum Gasteiger partial charge on any atom is -0.434 e. The molecule has 0 amide bonds. The van der Waals surface area contributed by atoms with E-state index in [2.05, 4.69) is 4.74 Å². The summed E-state index contributed by atoms with van der Waals surface area (Å²) in [7, 11) is 0. The van der Waals surface area contributed by atoms with Gasteiger partial charge in [-0.3, -0.25) is 0 Å². The number of carbonyl (C=O) groups is 1. The molecule has 0 saturated carbocycles. The third-order valence-electron chi connectivity index (χ3n) is 2.93. The molecule has 2 rings (SSSR count). The van der Waals surface area contributed by atoms with E-state index in [1.165, 1.54) is 18.2 Å². The lowest BCUT2D eigenvalue weighted by Crippen LogP contribution is -2.13. The van der Waals surface area contributed by atoms with Crippen LogP contribution in [0.4, 0.5) is 8.78 Å². The largest absolute Gasteiger partial charge is 0.434 e. The van der Waals surface area contributed by atoms with Crippen LogP contribution in [-0.2, 0) is 0 Å². The van der Waals surface area contributed by atoms with Crippen LogP contribution in [0.5, 0.6) is 11.5 Å². The SMILES string of the molecule is Cc1cccc(C)c1OC(=O)c1ccccc1OC(F)F. The minimum atomic E-state index is -3.00. The molecular weight excluding hydrogens is 278 g/mol. The average molecular weight is 292 g/mol. The number of hydrogen-bond acceptors (Lipinski definition) is 3. The number of alkyl halides is 2. The van der Waals surface area contributed by atoms with E-state index in [-0.39, 0.29) is 11.3 Å². The third kappa shape index (κ3) is 3.56. The molecule has 5 heteroatoms. The van der Waals surface area contributed by atoms with E-state index in [0.29, 0.717) is 5.75 Å². The van der Waals surface area contributed by atoms with Crippen LogP contribution >= 0.6 is 0 Å². The number of benzene rings is 2. The highest BCUT2D eigenvalue weighted by atomic mass is 19.3. The molecule has 0 radical (unpaired) electrons. The first-order valence-electron chi connectivity index (χ1n) is 6.31. The Kier molecular flexibility index (Phi) is 4.52. The first-order valence-corrected chi connectivity index (χ1v) is 6.31. The van der Waals surface area contributed by atoms with Gasteiger partial charge in [0.1, 0.15) is 17.1 Å². The van der Waals surface area contributed by atoms with E-state index < -0.39 is 12.6 Å². The van der Waals surface area contributed by atoms with Gasteiger partial charge in [0.2, 0.25) is 0 Å². The molecule has 3 nitrogen and oxygen atoms in total. The third-order valence-corrected chi connectivity index (χ3v) is 2.93. The molecule has 0 fully saturated rings. The highest BCUT2D eigenvalue weighted by Gasteiger charge is 2.18. The molecule has 0 atom stereocenters. The molecule has 0 aliphatic rings. The summed E-state index contributed by atoms with van der Waals surface area (Å²) in [5.41, 5.74) is 1.53. The molecule has 2 aromatic rings. The van der Waals surface area contributed by atoms with Crippen LogP contribution in [-0.4, -0.2) is 12.6 Å². The second kappa shape index (κ2) is 6.35. The Morgan fingerprint density at radius 3 is 2.24 bits per heavy atom. The van der Waals surface area contributed by atoms with Crippen molar-refractivity contribution in [2.24, 2.45) is 0 Å². The maximum absolute atomic E-state index is 12.3. The van der Waals surface area contributed by atoms with Gasteiger partial charge in [-0.15, -0.1) is 0 Å². The van der Waals surface area contributed by atoms with Crippen molar-refractivity contribution in [3.63, 3.8) is 0 Å². The van der Waals surface area contributed by atoms with Gasteiger partial charge < -0.3 is 9.47 Å². The summed E-state index contributed by atoms with van der Waals surface area (Å²) in [6, 6.07) is 11.2. The maximum atomic E-state index is 12.3. The Hall–Kier alpha value is -2.43. The van der Waals surface area contributed by atoms with Crippen LogP contribution in [0.2, 0.25) is 0 Å². The van der Waals surface area contributed by atoms with Crippen LogP contribution in [0.25, 0.3) is 0 Å². The topological polar surface area (TPSA) is 35.5 Å². The van der Waals surface area contributed by atoms with Gasteiger partial charge in [0, 0.05) is 0 Å². The van der Waals surface area contributed by atoms with Crippen molar-refractivity contribution in [1.29, 1.82) is 0 Å². The Labute approximate surface area is 121 Å². The van der Waals surface area contributed by atoms with Gasteiger partial charge >= 0.3 is 12.6 Å². The fourth-order valence-electron chi connectivity index (χ4n) is 1.94. The zero-order valence-electron chi connectivity index (χ0n) is 11.6. The molecule has 110 valence electrons. The smallest absolute Gasteiger partial charge is 0.387 e. The van der Waals surface area contributed by atoms with Crippen molar-refractivity contribution in [2.75, 3.05) is 0 Å². The molecule has 0 aliphatic carbocycles. The Morgan fingerprint density at radius 2 is 1.62 bits per heavy atom. The van der Waals surface area contributed by atoms with Crippen molar-refractivity contribution in [2.45, 2.75) is 20.5 Å². The normalized spacial score (nSPS) is 10.5. The molecule has 0 spiro atoms. The van der Waals surface area contributed by atoms with Crippen molar-refractivity contribution >= 4 is 5.97 Å². The zero-order chi connectivity index (χ0) is 15.4. The second-order valence-corrected chi connectivity index (χ2v) is 4.49. The number of hydrogen-bond donors (Lipinski definition) is 0. The fraction of sp³-hybridized carbons (Fsp3) is 0.188. The maximum Gasteiger partial charge on any atom is 0.387 e. The Balaban J connectivity index is 2.29. The molecule has 0 N–H and O–H groups in total. The van der Waals surface area contributed by atoms with E-state index in [1.54, 1.807) is 32.0 Å². The Bertz CT molecular complexity index is 633. The van der Waals surface area contributed by atoms with Crippen molar-refractivity contribution < 1.29 is 23.0 Å². The predicted molar refractivity (Wildman–Crippen MR) is 73.9 cm³/mol. The molecule has 0 saturated heterocycles. The second-order valence-electron chi connectivity index (χ2n) is 4.49. The lowest BCUT2D eigenvalue weighted by molar-refractivity contribution is -0.0503. The number of para-hydroxylation sites is 2. The first kappa shape index (κ1) is 15.0. The first-order chi connectivity index (χ1) is 9.99. The molecule has 2 aromatic carbocycles. The molecule has 21 heavy (non-hydrogen) atoms.